The Morgan fingerprint density at radius 2 is 1.86 bits per heavy atom. The van der Waals surface area contributed by atoms with Crippen LogP contribution in [0.2, 0.25) is 0 Å². The van der Waals surface area contributed by atoms with Crippen molar-refractivity contribution in [3.05, 3.63) is 23.8 Å². The van der Waals surface area contributed by atoms with Crippen LogP contribution >= 0.6 is 12.4 Å². The number of fused-ring (bicyclic) bond motifs is 1. The van der Waals surface area contributed by atoms with Gasteiger partial charge in [-0.1, -0.05) is 12.8 Å². The van der Waals surface area contributed by atoms with Crippen LogP contribution in [0.3, 0.4) is 0 Å². The molecule has 1 saturated carbocycles. The maximum Gasteiger partial charge on any atom is 0.251 e. The number of amides is 1. The number of nitrogens with one attached hydrogen (secondary N) is 1. The average molecular weight is 313 g/mol. The summed E-state index contributed by atoms with van der Waals surface area (Å²) < 4.78 is 10.9. The van der Waals surface area contributed by atoms with Gasteiger partial charge in [0.25, 0.3) is 5.91 Å². The molecule has 21 heavy (non-hydrogen) atoms. The first kappa shape index (κ1) is 15.9. The van der Waals surface area contributed by atoms with Crippen molar-refractivity contribution < 1.29 is 14.3 Å². The third kappa shape index (κ3) is 3.60. The molecule has 0 aromatic heterocycles. The third-order valence-corrected chi connectivity index (χ3v) is 3.94. The van der Waals surface area contributed by atoms with Crippen molar-refractivity contribution in [2.24, 2.45) is 5.73 Å². The van der Waals surface area contributed by atoms with Gasteiger partial charge in [-0.05, 0) is 31.0 Å². The number of carbonyl (C=O) groups excluding carboxylic acids is 1. The summed E-state index contributed by atoms with van der Waals surface area (Å²) in [5, 5.41) is 3.03. The molecule has 0 bridgehead atoms. The van der Waals surface area contributed by atoms with Gasteiger partial charge in [-0.2, -0.15) is 0 Å². The highest BCUT2D eigenvalue weighted by atomic mass is 35.5. The zero-order valence-corrected chi connectivity index (χ0v) is 12.7. The summed E-state index contributed by atoms with van der Waals surface area (Å²) in [4.78, 5) is 12.3. The number of hydrogen-bond donors (Lipinski definition) is 2. The lowest BCUT2D eigenvalue weighted by Crippen LogP contribution is -2.49. The largest absolute Gasteiger partial charge is 0.486 e. The molecule has 1 amide bonds. The Kier molecular flexibility index (Phi) is 5.31. The second-order valence-corrected chi connectivity index (χ2v) is 5.39. The zero-order chi connectivity index (χ0) is 13.9. The predicted molar refractivity (Wildman–Crippen MR) is 82.4 cm³/mol. The van der Waals surface area contributed by atoms with Crippen molar-refractivity contribution in [3.63, 3.8) is 0 Å². The van der Waals surface area contributed by atoms with Gasteiger partial charge in [0.05, 0.1) is 0 Å². The van der Waals surface area contributed by atoms with E-state index in [1.165, 1.54) is 0 Å². The first-order valence-corrected chi connectivity index (χ1v) is 7.20. The summed E-state index contributed by atoms with van der Waals surface area (Å²) in [6.45, 7) is 1.07. The summed E-state index contributed by atoms with van der Waals surface area (Å²) in [6.07, 6.45) is 4.21. The fraction of sp³-hybridized carbons (Fsp3) is 0.533. The lowest BCUT2D eigenvalue weighted by atomic mass is 9.91. The van der Waals surface area contributed by atoms with Gasteiger partial charge >= 0.3 is 0 Å². The van der Waals surface area contributed by atoms with Gasteiger partial charge in [0.2, 0.25) is 0 Å². The number of halogens is 1. The van der Waals surface area contributed by atoms with Crippen LogP contribution in [0, 0.1) is 0 Å². The first-order chi connectivity index (χ1) is 9.74. The fourth-order valence-electron chi connectivity index (χ4n) is 2.78. The maximum atomic E-state index is 12.3. The molecule has 1 heterocycles. The molecule has 3 N–H and O–H groups in total. The highest BCUT2D eigenvalue weighted by Gasteiger charge is 2.24. The lowest BCUT2D eigenvalue weighted by Gasteiger charge is -2.29. The van der Waals surface area contributed by atoms with Crippen molar-refractivity contribution in [1.82, 2.24) is 5.32 Å². The van der Waals surface area contributed by atoms with Crippen LogP contribution in [0.15, 0.2) is 18.2 Å². The Balaban J connectivity index is 0.00000161. The van der Waals surface area contributed by atoms with E-state index < -0.39 is 0 Å². The number of rotatable bonds is 2. The Hall–Kier alpha value is -1.46. The average Bonchev–Trinajstić information content (AvgIpc) is 2.49. The van der Waals surface area contributed by atoms with Crippen LogP contribution in [0.25, 0.3) is 0 Å². The van der Waals surface area contributed by atoms with Crippen LogP contribution in [0.5, 0.6) is 11.5 Å². The predicted octanol–water partition coefficient (Wildman–Crippen LogP) is 1.88. The number of nitrogens with two attached hydrogens (primary N) is 1. The number of ether oxygens (including phenoxy) is 2. The molecular weight excluding hydrogens is 292 g/mol. The van der Waals surface area contributed by atoms with Gasteiger partial charge < -0.3 is 20.5 Å². The molecule has 1 aliphatic heterocycles. The topological polar surface area (TPSA) is 73.6 Å². The minimum Gasteiger partial charge on any atom is -0.486 e. The highest BCUT2D eigenvalue weighted by molar-refractivity contribution is 5.95. The standard InChI is InChI=1S/C15H20N2O3.ClH/c16-11-3-1-2-4-12(11)17-15(18)10-5-6-13-14(9-10)20-8-7-19-13;/h5-6,9,11-12H,1-4,7-8,16H2,(H,17,18);1H. The molecule has 2 atom stereocenters. The third-order valence-electron chi connectivity index (χ3n) is 3.94. The highest BCUT2D eigenvalue weighted by Crippen LogP contribution is 2.30. The van der Waals surface area contributed by atoms with E-state index in [9.17, 15) is 4.79 Å². The molecule has 2 aliphatic rings. The van der Waals surface area contributed by atoms with Gasteiger partial charge in [0, 0.05) is 17.6 Å². The molecule has 3 rings (SSSR count). The molecule has 1 fully saturated rings. The zero-order valence-electron chi connectivity index (χ0n) is 11.8. The van der Waals surface area contributed by atoms with E-state index in [0.29, 0.717) is 30.3 Å². The normalized spacial score (nSPS) is 23.9. The molecule has 6 heteroatoms. The molecule has 0 saturated heterocycles. The first-order valence-electron chi connectivity index (χ1n) is 7.20. The van der Waals surface area contributed by atoms with E-state index in [4.69, 9.17) is 15.2 Å². The van der Waals surface area contributed by atoms with Crippen molar-refractivity contribution in [3.8, 4) is 11.5 Å². The Morgan fingerprint density at radius 1 is 1.14 bits per heavy atom. The second kappa shape index (κ2) is 7.00. The van der Waals surface area contributed by atoms with Crippen molar-refractivity contribution >= 4 is 18.3 Å². The van der Waals surface area contributed by atoms with Gasteiger partial charge in [0.15, 0.2) is 11.5 Å². The molecular formula is C15H21ClN2O3. The lowest BCUT2D eigenvalue weighted by molar-refractivity contribution is 0.0920. The van der Waals surface area contributed by atoms with E-state index >= 15 is 0 Å². The molecule has 0 radical (unpaired) electrons. The number of hydrogen-bond acceptors (Lipinski definition) is 4. The smallest absolute Gasteiger partial charge is 0.251 e. The van der Waals surface area contributed by atoms with Gasteiger partial charge in [0.1, 0.15) is 13.2 Å². The molecule has 116 valence electrons. The van der Waals surface area contributed by atoms with Gasteiger partial charge in [-0.25, -0.2) is 0 Å². The molecule has 0 spiro atoms. The van der Waals surface area contributed by atoms with Crippen molar-refractivity contribution in [2.45, 2.75) is 37.8 Å². The number of benzene rings is 1. The Morgan fingerprint density at radius 3 is 2.62 bits per heavy atom. The van der Waals surface area contributed by atoms with Crippen molar-refractivity contribution in [1.29, 1.82) is 0 Å². The van der Waals surface area contributed by atoms with E-state index in [1.807, 2.05) is 0 Å². The monoisotopic (exact) mass is 312 g/mol. The maximum absolute atomic E-state index is 12.3. The summed E-state index contributed by atoms with van der Waals surface area (Å²) >= 11 is 0. The summed E-state index contributed by atoms with van der Waals surface area (Å²) in [7, 11) is 0. The second-order valence-electron chi connectivity index (χ2n) is 5.39. The van der Waals surface area contributed by atoms with E-state index in [2.05, 4.69) is 5.32 Å². The van der Waals surface area contributed by atoms with Crippen LogP contribution in [-0.4, -0.2) is 31.2 Å². The fourth-order valence-corrected chi connectivity index (χ4v) is 2.78. The van der Waals surface area contributed by atoms with Crippen LogP contribution in [0.1, 0.15) is 36.0 Å². The van der Waals surface area contributed by atoms with Gasteiger partial charge in [-0.3, -0.25) is 4.79 Å². The minimum absolute atomic E-state index is 0. The van der Waals surface area contributed by atoms with Crippen LogP contribution in [0.4, 0.5) is 0 Å². The Bertz CT molecular complexity index is 510. The van der Waals surface area contributed by atoms with E-state index in [-0.39, 0.29) is 30.4 Å². The molecule has 5 nitrogen and oxygen atoms in total. The van der Waals surface area contributed by atoms with Crippen molar-refractivity contribution in [2.75, 3.05) is 13.2 Å². The molecule has 2 unspecified atom stereocenters. The molecule has 1 aliphatic carbocycles. The molecule has 1 aromatic rings. The van der Waals surface area contributed by atoms with Gasteiger partial charge in [-0.15, -0.1) is 12.4 Å². The van der Waals surface area contributed by atoms with Crippen LogP contribution in [-0.2, 0) is 0 Å². The van der Waals surface area contributed by atoms with Crippen LogP contribution < -0.4 is 20.5 Å². The Labute approximate surface area is 130 Å². The van der Waals surface area contributed by atoms with E-state index in [1.54, 1.807) is 18.2 Å². The SMILES string of the molecule is Cl.NC1CCCCC1NC(=O)c1ccc2c(c1)OCCO2. The molecule has 1 aromatic carbocycles. The number of carbonyl (C=O) groups is 1. The summed E-state index contributed by atoms with van der Waals surface area (Å²) in [5.74, 6) is 1.24. The quantitative estimate of drug-likeness (QED) is 0.874. The van der Waals surface area contributed by atoms with E-state index in [0.717, 1.165) is 25.7 Å². The summed E-state index contributed by atoms with van der Waals surface area (Å²) in [5.41, 5.74) is 6.65. The minimum atomic E-state index is -0.0932. The summed E-state index contributed by atoms with van der Waals surface area (Å²) in [6, 6.07) is 5.41.